The second-order valence-corrected chi connectivity index (χ2v) is 4.62. The van der Waals surface area contributed by atoms with Gasteiger partial charge < -0.3 is 4.74 Å². The van der Waals surface area contributed by atoms with Crippen molar-refractivity contribution >= 4 is 11.8 Å². The minimum atomic E-state index is -1.00. The molecule has 2 rings (SSSR count). The van der Waals surface area contributed by atoms with Crippen molar-refractivity contribution in [1.82, 2.24) is 0 Å². The zero-order valence-corrected chi connectivity index (χ0v) is 10.2. The van der Waals surface area contributed by atoms with Crippen LogP contribution in [0.3, 0.4) is 0 Å². The second-order valence-electron chi connectivity index (χ2n) is 4.62. The van der Waals surface area contributed by atoms with Crippen molar-refractivity contribution in [1.29, 1.82) is 0 Å². The molecule has 1 aromatic rings. The molecule has 3 heteroatoms. The molecule has 0 aromatic heterocycles. The highest BCUT2D eigenvalue weighted by Crippen LogP contribution is 2.32. The molecule has 0 bridgehead atoms. The van der Waals surface area contributed by atoms with Gasteiger partial charge in [0, 0.05) is 18.4 Å². The highest BCUT2D eigenvalue weighted by atomic mass is 16.6. The lowest BCUT2D eigenvalue weighted by Gasteiger charge is -2.22. The first-order valence-electron chi connectivity index (χ1n) is 5.91. The van der Waals surface area contributed by atoms with Crippen LogP contribution in [0.1, 0.15) is 42.6 Å². The van der Waals surface area contributed by atoms with Crippen molar-refractivity contribution < 1.29 is 14.3 Å². The number of carbonyl (C=O) groups is 2. The van der Waals surface area contributed by atoms with Gasteiger partial charge in [0.15, 0.2) is 5.60 Å². The van der Waals surface area contributed by atoms with E-state index in [4.69, 9.17) is 4.74 Å². The van der Waals surface area contributed by atoms with Gasteiger partial charge in [-0.1, -0.05) is 31.2 Å². The molecular weight excluding hydrogens is 216 g/mol. The Kier molecular flexibility index (Phi) is 3.01. The fraction of sp³-hybridized carbons (Fsp3) is 0.429. The van der Waals surface area contributed by atoms with Crippen molar-refractivity contribution in [3.05, 3.63) is 35.4 Å². The molecular formula is C14H16O3. The normalized spacial score (nSPS) is 22.4. The van der Waals surface area contributed by atoms with E-state index in [-0.39, 0.29) is 11.8 Å². The second kappa shape index (κ2) is 4.32. The fourth-order valence-corrected chi connectivity index (χ4v) is 2.21. The number of carbonyl (C=O) groups excluding carboxylic acids is 2. The van der Waals surface area contributed by atoms with Gasteiger partial charge in [0.25, 0.3) is 0 Å². The van der Waals surface area contributed by atoms with Crippen LogP contribution in [0.2, 0.25) is 0 Å². The standard InChI is InChI=1S/C14H16O3/c1-3-6-12(15)17-14(2)9-10-7-4-5-8-11(10)13(14)16/h4-5,7-8H,3,6,9H2,1-2H3. The largest absolute Gasteiger partial charge is 0.451 e. The Morgan fingerprint density at radius 3 is 2.76 bits per heavy atom. The molecule has 0 radical (unpaired) electrons. The summed E-state index contributed by atoms with van der Waals surface area (Å²) in [4.78, 5) is 23.7. The van der Waals surface area contributed by atoms with E-state index in [2.05, 4.69) is 0 Å². The highest BCUT2D eigenvalue weighted by molar-refractivity contribution is 6.07. The molecule has 1 aromatic carbocycles. The quantitative estimate of drug-likeness (QED) is 0.752. The molecule has 0 amide bonds. The van der Waals surface area contributed by atoms with Crippen molar-refractivity contribution in [3.8, 4) is 0 Å². The first-order chi connectivity index (χ1) is 8.07. The number of hydrogen-bond donors (Lipinski definition) is 0. The summed E-state index contributed by atoms with van der Waals surface area (Å²) in [5.41, 5.74) is 0.638. The molecule has 1 unspecified atom stereocenters. The lowest BCUT2D eigenvalue weighted by atomic mass is 10.0. The van der Waals surface area contributed by atoms with Crippen molar-refractivity contribution in [3.63, 3.8) is 0 Å². The van der Waals surface area contributed by atoms with Crippen LogP contribution in [0, 0.1) is 0 Å². The summed E-state index contributed by atoms with van der Waals surface area (Å²) in [6.07, 6.45) is 1.58. The lowest BCUT2D eigenvalue weighted by Crippen LogP contribution is -2.37. The number of benzene rings is 1. The first-order valence-corrected chi connectivity index (χ1v) is 5.91. The van der Waals surface area contributed by atoms with Gasteiger partial charge in [-0.15, -0.1) is 0 Å². The van der Waals surface area contributed by atoms with Crippen molar-refractivity contribution in [2.24, 2.45) is 0 Å². The van der Waals surface area contributed by atoms with E-state index >= 15 is 0 Å². The summed E-state index contributed by atoms with van der Waals surface area (Å²) >= 11 is 0. The van der Waals surface area contributed by atoms with Crippen LogP contribution in [-0.4, -0.2) is 17.4 Å². The highest BCUT2D eigenvalue weighted by Gasteiger charge is 2.44. The van der Waals surface area contributed by atoms with Gasteiger partial charge in [0.2, 0.25) is 5.78 Å². The van der Waals surface area contributed by atoms with Gasteiger partial charge in [-0.3, -0.25) is 9.59 Å². The first kappa shape index (κ1) is 11.8. The molecule has 0 aliphatic heterocycles. The third-order valence-electron chi connectivity index (χ3n) is 3.06. The Hall–Kier alpha value is -1.64. The number of rotatable bonds is 3. The predicted octanol–water partition coefficient (Wildman–Crippen LogP) is 2.53. The third-order valence-corrected chi connectivity index (χ3v) is 3.06. The molecule has 1 aliphatic rings. The average molecular weight is 232 g/mol. The third kappa shape index (κ3) is 2.09. The summed E-state index contributed by atoms with van der Waals surface area (Å²) in [6.45, 7) is 3.61. The molecule has 0 saturated heterocycles. The Morgan fingerprint density at radius 2 is 2.12 bits per heavy atom. The summed E-state index contributed by atoms with van der Waals surface area (Å²) in [6, 6.07) is 7.42. The molecule has 1 aliphatic carbocycles. The zero-order chi connectivity index (χ0) is 12.5. The Morgan fingerprint density at radius 1 is 1.41 bits per heavy atom. The fourth-order valence-electron chi connectivity index (χ4n) is 2.21. The van der Waals surface area contributed by atoms with Crippen LogP contribution in [0.4, 0.5) is 0 Å². The lowest BCUT2D eigenvalue weighted by molar-refractivity contribution is -0.153. The average Bonchev–Trinajstić information content (AvgIpc) is 2.52. The topological polar surface area (TPSA) is 43.4 Å². The van der Waals surface area contributed by atoms with Gasteiger partial charge >= 0.3 is 5.97 Å². The van der Waals surface area contributed by atoms with Crippen LogP contribution in [0.15, 0.2) is 24.3 Å². The number of ketones is 1. The van der Waals surface area contributed by atoms with E-state index in [0.29, 0.717) is 18.4 Å². The molecule has 0 spiro atoms. The molecule has 17 heavy (non-hydrogen) atoms. The Bertz CT molecular complexity index is 464. The summed E-state index contributed by atoms with van der Waals surface area (Å²) in [5, 5.41) is 0. The predicted molar refractivity (Wildman–Crippen MR) is 63.9 cm³/mol. The maximum Gasteiger partial charge on any atom is 0.306 e. The molecule has 0 N–H and O–H groups in total. The van der Waals surface area contributed by atoms with E-state index in [1.165, 1.54) is 0 Å². The minimum Gasteiger partial charge on any atom is -0.451 e. The van der Waals surface area contributed by atoms with Gasteiger partial charge in [-0.05, 0) is 18.9 Å². The number of Topliss-reactive ketones (excluding diaryl/α,β-unsaturated/α-hetero) is 1. The van der Waals surface area contributed by atoms with E-state index in [1.807, 2.05) is 25.1 Å². The maximum atomic E-state index is 12.2. The SMILES string of the molecule is CCCC(=O)OC1(C)Cc2ccccc2C1=O. The number of fused-ring (bicyclic) bond motifs is 1. The Labute approximate surface area is 101 Å². The number of ether oxygens (including phenoxy) is 1. The summed E-state index contributed by atoms with van der Waals surface area (Å²) in [5.74, 6) is -0.381. The molecule has 1 atom stereocenters. The van der Waals surface area contributed by atoms with Gasteiger partial charge in [-0.2, -0.15) is 0 Å². The van der Waals surface area contributed by atoms with Gasteiger partial charge in [0.05, 0.1) is 0 Å². The van der Waals surface area contributed by atoms with Crippen LogP contribution in [0.5, 0.6) is 0 Å². The van der Waals surface area contributed by atoms with Crippen LogP contribution >= 0.6 is 0 Å². The zero-order valence-electron chi connectivity index (χ0n) is 10.2. The van der Waals surface area contributed by atoms with E-state index < -0.39 is 5.60 Å². The molecule has 0 heterocycles. The molecule has 3 nitrogen and oxygen atoms in total. The van der Waals surface area contributed by atoms with Crippen LogP contribution in [0.25, 0.3) is 0 Å². The maximum absolute atomic E-state index is 12.2. The molecule has 0 fully saturated rings. The van der Waals surface area contributed by atoms with E-state index in [9.17, 15) is 9.59 Å². The number of esters is 1. The van der Waals surface area contributed by atoms with Crippen LogP contribution < -0.4 is 0 Å². The Balaban J connectivity index is 2.20. The van der Waals surface area contributed by atoms with Gasteiger partial charge in [-0.25, -0.2) is 0 Å². The molecule has 90 valence electrons. The van der Waals surface area contributed by atoms with E-state index in [1.54, 1.807) is 13.0 Å². The van der Waals surface area contributed by atoms with Crippen molar-refractivity contribution in [2.75, 3.05) is 0 Å². The summed E-state index contributed by atoms with van der Waals surface area (Å²) < 4.78 is 5.35. The monoisotopic (exact) mass is 232 g/mol. The van der Waals surface area contributed by atoms with Crippen molar-refractivity contribution in [2.45, 2.75) is 38.7 Å². The number of hydrogen-bond acceptors (Lipinski definition) is 3. The molecule has 0 saturated carbocycles. The van der Waals surface area contributed by atoms with Gasteiger partial charge in [0.1, 0.15) is 0 Å². The summed E-state index contributed by atoms with van der Waals surface area (Å²) in [7, 11) is 0. The minimum absolute atomic E-state index is 0.0856. The smallest absolute Gasteiger partial charge is 0.306 e. The van der Waals surface area contributed by atoms with E-state index in [0.717, 1.165) is 12.0 Å². The van der Waals surface area contributed by atoms with Crippen LogP contribution in [-0.2, 0) is 16.0 Å².